The van der Waals surface area contributed by atoms with E-state index >= 15 is 0 Å². The fourth-order valence-electron chi connectivity index (χ4n) is 2.91. The molecule has 3 amide bonds. The van der Waals surface area contributed by atoms with E-state index in [1.807, 2.05) is 30.3 Å². The second-order valence-electron chi connectivity index (χ2n) is 6.92. The molecule has 2 aliphatic rings. The first-order valence-electron chi connectivity index (χ1n) is 9.15. The topological polar surface area (TPSA) is 87.7 Å². The molecule has 2 N–H and O–H groups in total. The molecule has 1 unspecified atom stereocenters. The van der Waals surface area contributed by atoms with Gasteiger partial charge >= 0.3 is 12.0 Å². The van der Waals surface area contributed by atoms with Crippen molar-refractivity contribution in [3.63, 3.8) is 0 Å². The number of anilines is 1. The van der Waals surface area contributed by atoms with Gasteiger partial charge in [-0.3, -0.25) is 9.59 Å². The number of hydrogen-bond acceptors (Lipinski definition) is 4. The third kappa shape index (κ3) is 4.97. The Kier molecular flexibility index (Phi) is 5.75. The quantitative estimate of drug-likeness (QED) is 0.789. The molecule has 1 saturated carbocycles. The van der Waals surface area contributed by atoms with Crippen LogP contribution in [-0.2, 0) is 14.3 Å². The van der Waals surface area contributed by atoms with E-state index in [9.17, 15) is 14.4 Å². The van der Waals surface area contributed by atoms with Crippen LogP contribution in [0.4, 0.5) is 10.5 Å². The molecule has 7 nitrogen and oxygen atoms in total. The predicted molar refractivity (Wildman–Crippen MR) is 96.5 cm³/mol. The number of benzene rings is 1. The van der Waals surface area contributed by atoms with E-state index < -0.39 is 6.10 Å². The van der Waals surface area contributed by atoms with Crippen molar-refractivity contribution in [1.82, 2.24) is 10.2 Å². The highest BCUT2D eigenvalue weighted by molar-refractivity contribution is 5.89. The van der Waals surface area contributed by atoms with Crippen LogP contribution < -0.4 is 10.6 Å². The lowest BCUT2D eigenvalue weighted by molar-refractivity contribution is -0.160. The number of ether oxygens (including phenoxy) is 1. The highest BCUT2D eigenvalue weighted by Crippen LogP contribution is 2.21. The number of urea groups is 1. The van der Waals surface area contributed by atoms with Gasteiger partial charge in [0, 0.05) is 24.8 Å². The Hall–Kier alpha value is -2.57. The molecule has 1 aliphatic carbocycles. The summed E-state index contributed by atoms with van der Waals surface area (Å²) in [6.07, 6.45) is 2.30. The summed E-state index contributed by atoms with van der Waals surface area (Å²) in [5.41, 5.74) is 0.745. The monoisotopic (exact) mass is 359 g/mol. The summed E-state index contributed by atoms with van der Waals surface area (Å²) in [6, 6.07) is 9.34. The molecule has 1 aromatic carbocycles. The molecule has 3 rings (SSSR count). The van der Waals surface area contributed by atoms with E-state index in [1.165, 1.54) is 0 Å². The molecule has 1 aliphatic heterocycles. The number of hydrogen-bond donors (Lipinski definition) is 2. The van der Waals surface area contributed by atoms with Crippen LogP contribution in [0.3, 0.4) is 0 Å². The summed E-state index contributed by atoms with van der Waals surface area (Å²) in [4.78, 5) is 38.1. The van der Waals surface area contributed by atoms with Crippen molar-refractivity contribution in [2.75, 3.05) is 18.4 Å². The Morgan fingerprint density at radius 2 is 1.73 bits per heavy atom. The van der Waals surface area contributed by atoms with E-state index in [4.69, 9.17) is 4.74 Å². The third-order valence-corrected chi connectivity index (χ3v) is 4.73. The number of esters is 1. The second-order valence-corrected chi connectivity index (χ2v) is 6.92. The van der Waals surface area contributed by atoms with Gasteiger partial charge in [-0.15, -0.1) is 0 Å². The minimum Gasteiger partial charge on any atom is -0.452 e. The molecule has 0 radical (unpaired) electrons. The fraction of sp³-hybridized carbons (Fsp3) is 0.526. The summed E-state index contributed by atoms with van der Waals surface area (Å²) in [5, 5.41) is 5.67. The van der Waals surface area contributed by atoms with Crippen molar-refractivity contribution in [1.29, 1.82) is 0 Å². The second kappa shape index (κ2) is 8.21. The van der Waals surface area contributed by atoms with Gasteiger partial charge in [-0.2, -0.15) is 0 Å². The maximum atomic E-state index is 12.3. The number of carbonyl (C=O) groups excluding carboxylic acids is 3. The number of piperidine rings is 1. The van der Waals surface area contributed by atoms with Crippen LogP contribution in [0.25, 0.3) is 0 Å². The lowest BCUT2D eigenvalue weighted by atomic mass is 9.97. The van der Waals surface area contributed by atoms with Crippen molar-refractivity contribution in [3.05, 3.63) is 30.3 Å². The van der Waals surface area contributed by atoms with Gasteiger partial charge in [0.05, 0.1) is 5.92 Å². The number of carbonyl (C=O) groups is 3. The summed E-state index contributed by atoms with van der Waals surface area (Å²) < 4.78 is 5.30. The van der Waals surface area contributed by atoms with Crippen LogP contribution in [0, 0.1) is 5.92 Å². The lowest BCUT2D eigenvalue weighted by Crippen LogP contribution is -2.44. The Bertz CT molecular complexity index is 652. The first kappa shape index (κ1) is 18.2. The molecule has 26 heavy (non-hydrogen) atoms. The highest BCUT2D eigenvalue weighted by Gasteiger charge is 2.32. The molecule has 1 heterocycles. The molecule has 1 atom stereocenters. The molecular weight excluding hydrogens is 334 g/mol. The van der Waals surface area contributed by atoms with Crippen LogP contribution in [0.15, 0.2) is 30.3 Å². The lowest BCUT2D eigenvalue weighted by Gasteiger charge is -2.31. The van der Waals surface area contributed by atoms with Gasteiger partial charge in [0.2, 0.25) is 0 Å². The molecule has 2 fully saturated rings. The van der Waals surface area contributed by atoms with Gasteiger partial charge in [-0.05, 0) is 44.7 Å². The number of para-hydroxylation sites is 1. The van der Waals surface area contributed by atoms with Gasteiger partial charge in [-0.25, -0.2) is 4.79 Å². The summed E-state index contributed by atoms with van der Waals surface area (Å²) in [7, 11) is 0. The molecule has 0 bridgehead atoms. The van der Waals surface area contributed by atoms with Crippen molar-refractivity contribution >= 4 is 23.6 Å². The number of nitrogens with one attached hydrogen (secondary N) is 2. The predicted octanol–water partition coefficient (Wildman–Crippen LogP) is 2.14. The molecule has 7 heteroatoms. The zero-order valence-corrected chi connectivity index (χ0v) is 14.9. The molecule has 1 aromatic rings. The number of likely N-dealkylation sites (tertiary alicyclic amines) is 1. The first-order valence-corrected chi connectivity index (χ1v) is 9.15. The van der Waals surface area contributed by atoms with Gasteiger partial charge in [0.15, 0.2) is 6.10 Å². The van der Waals surface area contributed by atoms with Gasteiger partial charge < -0.3 is 20.3 Å². The van der Waals surface area contributed by atoms with Crippen LogP contribution in [0.5, 0.6) is 0 Å². The molecule has 1 saturated heterocycles. The standard InChI is InChI=1S/C19H25N3O4/c1-13(17(23)20-16-7-8-16)26-18(24)14-9-11-22(12-10-14)19(25)21-15-5-3-2-4-6-15/h2-6,13-14,16H,7-12H2,1H3,(H,20,23)(H,21,25). The maximum absolute atomic E-state index is 12.3. The highest BCUT2D eigenvalue weighted by atomic mass is 16.5. The summed E-state index contributed by atoms with van der Waals surface area (Å²) in [6.45, 7) is 2.57. The smallest absolute Gasteiger partial charge is 0.321 e. The van der Waals surface area contributed by atoms with Crippen LogP contribution >= 0.6 is 0 Å². The zero-order chi connectivity index (χ0) is 18.5. The number of nitrogens with zero attached hydrogens (tertiary/aromatic N) is 1. The minimum absolute atomic E-state index is 0.166. The fourth-order valence-corrected chi connectivity index (χ4v) is 2.91. The van der Waals surface area contributed by atoms with E-state index in [2.05, 4.69) is 10.6 Å². The minimum atomic E-state index is -0.775. The average molecular weight is 359 g/mol. The first-order chi connectivity index (χ1) is 12.5. The van der Waals surface area contributed by atoms with Gasteiger partial charge in [-0.1, -0.05) is 18.2 Å². The SMILES string of the molecule is CC(OC(=O)C1CCN(C(=O)Nc2ccccc2)CC1)C(=O)NC1CC1. The van der Waals surface area contributed by atoms with Crippen LogP contribution in [0.2, 0.25) is 0 Å². The number of rotatable bonds is 5. The molecule has 140 valence electrons. The van der Waals surface area contributed by atoms with E-state index in [0.717, 1.165) is 18.5 Å². The summed E-state index contributed by atoms with van der Waals surface area (Å²) in [5.74, 6) is -0.862. The third-order valence-electron chi connectivity index (χ3n) is 4.73. The van der Waals surface area contributed by atoms with E-state index in [-0.39, 0.29) is 29.9 Å². The molecule has 0 spiro atoms. The molecular formula is C19H25N3O4. The van der Waals surface area contributed by atoms with Crippen molar-refractivity contribution in [3.8, 4) is 0 Å². The Balaban J connectivity index is 1.41. The average Bonchev–Trinajstić information content (AvgIpc) is 3.46. The van der Waals surface area contributed by atoms with E-state index in [0.29, 0.717) is 25.9 Å². The van der Waals surface area contributed by atoms with Crippen LogP contribution in [-0.4, -0.2) is 48.0 Å². The summed E-state index contributed by atoms with van der Waals surface area (Å²) >= 11 is 0. The molecule has 0 aromatic heterocycles. The van der Waals surface area contributed by atoms with Crippen molar-refractivity contribution < 1.29 is 19.1 Å². The van der Waals surface area contributed by atoms with Crippen molar-refractivity contribution in [2.45, 2.75) is 44.8 Å². The van der Waals surface area contributed by atoms with Gasteiger partial charge in [0.1, 0.15) is 0 Å². The Labute approximate surface area is 153 Å². The van der Waals surface area contributed by atoms with Gasteiger partial charge in [0.25, 0.3) is 5.91 Å². The Morgan fingerprint density at radius 1 is 1.08 bits per heavy atom. The maximum Gasteiger partial charge on any atom is 0.321 e. The van der Waals surface area contributed by atoms with Crippen molar-refractivity contribution in [2.24, 2.45) is 5.92 Å². The van der Waals surface area contributed by atoms with Crippen LogP contribution in [0.1, 0.15) is 32.6 Å². The van der Waals surface area contributed by atoms with E-state index in [1.54, 1.807) is 11.8 Å². The largest absolute Gasteiger partial charge is 0.452 e. The Morgan fingerprint density at radius 3 is 2.35 bits per heavy atom. The number of amides is 3. The zero-order valence-electron chi connectivity index (χ0n) is 14.9. The normalized spacial score (nSPS) is 18.7.